The Kier molecular flexibility index (Phi) is 4.15. The summed E-state index contributed by atoms with van der Waals surface area (Å²) >= 11 is 0. The summed E-state index contributed by atoms with van der Waals surface area (Å²) < 4.78 is 0. The number of nitrogens with one attached hydrogen (secondary N) is 1. The van der Waals surface area contributed by atoms with E-state index in [1.54, 1.807) is 0 Å². The standard InChI is InChI=1S/C13H21N/c1-10(2)13(9-14-4)12-7-5-11(3)6-8-12/h5-8,10,13-14H,9H2,1-4H3. The highest BCUT2D eigenvalue weighted by atomic mass is 14.8. The van der Waals surface area contributed by atoms with Crippen LogP contribution in [0.4, 0.5) is 0 Å². The van der Waals surface area contributed by atoms with Gasteiger partial charge in [-0.05, 0) is 31.4 Å². The molecule has 1 atom stereocenters. The molecule has 14 heavy (non-hydrogen) atoms. The maximum atomic E-state index is 3.26. The lowest BCUT2D eigenvalue weighted by Gasteiger charge is -2.21. The van der Waals surface area contributed by atoms with Crippen LogP contribution in [0.15, 0.2) is 24.3 Å². The zero-order chi connectivity index (χ0) is 10.6. The topological polar surface area (TPSA) is 12.0 Å². The average Bonchev–Trinajstić information content (AvgIpc) is 2.15. The fourth-order valence-corrected chi connectivity index (χ4v) is 1.77. The number of benzene rings is 1. The first-order valence-electron chi connectivity index (χ1n) is 5.36. The Balaban J connectivity index is 2.82. The van der Waals surface area contributed by atoms with Gasteiger partial charge >= 0.3 is 0 Å². The molecule has 0 radical (unpaired) electrons. The molecule has 0 fully saturated rings. The number of aryl methyl sites for hydroxylation is 1. The second-order valence-electron chi connectivity index (χ2n) is 4.32. The highest BCUT2D eigenvalue weighted by Crippen LogP contribution is 2.23. The Morgan fingerprint density at radius 2 is 1.71 bits per heavy atom. The molecular formula is C13H21N. The van der Waals surface area contributed by atoms with Crippen LogP contribution in [0.2, 0.25) is 0 Å². The monoisotopic (exact) mass is 191 g/mol. The molecule has 0 aliphatic carbocycles. The van der Waals surface area contributed by atoms with Crippen molar-refractivity contribution >= 4 is 0 Å². The van der Waals surface area contributed by atoms with E-state index in [-0.39, 0.29) is 0 Å². The molecule has 1 nitrogen and oxygen atoms in total. The zero-order valence-corrected chi connectivity index (χ0v) is 9.67. The summed E-state index contributed by atoms with van der Waals surface area (Å²) in [5.41, 5.74) is 2.78. The number of hydrogen-bond acceptors (Lipinski definition) is 1. The van der Waals surface area contributed by atoms with Crippen LogP contribution in [0.3, 0.4) is 0 Å². The van der Waals surface area contributed by atoms with Crippen molar-refractivity contribution in [2.45, 2.75) is 26.7 Å². The van der Waals surface area contributed by atoms with Crippen LogP contribution >= 0.6 is 0 Å². The predicted molar refractivity (Wildman–Crippen MR) is 62.7 cm³/mol. The van der Waals surface area contributed by atoms with Crippen molar-refractivity contribution < 1.29 is 0 Å². The van der Waals surface area contributed by atoms with Gasteiger partial charge in [-0.25, -0.2) is 0 Å². The minimum Gasteiger partial charge on any atom is -0.319 e. The normalized spacial score (nSPS) is 13.2. The van der Waals surface area contributed by atoms with Crippen LogP contribution in [-0.4, -0.2) is 13.6 Å². The van der Waals surface area contributed by atoms with Crippen LogP contribution in [0.5, 0.6) is 0 Å². The first kappa shape index (κ1) is 11.3. The Hall–Kier alpha value is -0.820. The molecule has 0 bridgehead atoms. The van der Waals surface area contributed by atoms with Gasteiger partial charge in [-0.1, -0.05) is 43.7 Å². The van der Waals surface area contributed by atoms with Crippen LogP contribution in [0.25, 0.3) is 0 Å². The van der Waals surface area contributed by atoms with Gasteiger partial charge < -0.3 is 5.32 Å². The molecule has 1 N–H and O–H groups in total. The Labute approximate surface area is 87.5 Å². The molecule has 0 aliphatic heterocycles. The van der Waals surface area contributed by atoms with Crippen molar-refractivity contribution in [2.75, 3.05) is 13.6 Å². The Morgan fingerprint density at radius 1 is 1.14 bits per heavy atom. The molecular weight excluding hydrogens is 170 g/mol. The van der Waals surface area contributed by atoms with E-state index in [0.717, 1.165) is 6.54 Å². The van der Waals surface area contributed by atoms with E-state index in [9.17, 15) is 0 Å². The lowest BCUT2D eigenvalue weighted by molar-refractivity contribution is 0.478. The minimum absolute atomic E-state index is 0.626. The summed E-state index contributed by atoms with van der Waals surface area (Å²) in [7, 11) is 2.02. The molecule has 1 aromatic rings. The van der Waals surface area contributed by atoms with Crippen LogP contribution in [0.1, 0.15) is 30.9 Å². The van der Waals surface area contributed by atoms with Gasteiger partial charge in [-0.15, -0.1) is 0 Å². The maximum Gasteiger partial charge on any atom is 0.00196 e. The smallest absolute Gasteiger partial charge is 0.00196 e. The van der Waals surface area contributed by atoms with Crippen molar-refractivity contribution in [2.24, 2.45) is 5.92 Å². The first-order chi connectivity index (χ1) is 6.65. The molecule has 78 valence electrons. The van der Waals surface area contributed by atoms with E-state index in [0.29, 0.717) is 11.8 Å². The summed E-state index contributed by atoms with van der Waals surface area (Å²) in [5.74, 6) is 1.31. The van der Waals surface area contributed by atoms with Gasteiger partial charge in [-0.3, -0.25) is 0 Å². The molecule has 0 aliphatic rings. The Bertz CT molecular complexity index is 261. The second kappa shape index (κ2) is 5.16. The van der Waals surface area contributed by atoms with E-state index >= 15 is 0 Å². The number of likely N-dealkylation sites (N-methyl/N-ethyl adjacent to an activating group) is 1. The van der Waals surface area contributed by atoms with E-state index in [4.69, 9.17) is 0 Å². The third-order valence-electron chi connectivity index (χ3n) is 2.73. The van der Waals surface area contributed by atoms with E-state index in [1.165, 1.54) is 11.1 Å². The zero-order valence-electron chi connectivity index (χ0n) is 9.67. The van der Waals surface area contributed by atoms with E-state index in [1.807, 2.05) is 7.05 Å². The van der Waals surface area contributed by atoms with Gasteiger partial charge in [0.25, 0.3) is 0 Å². The summed E-state index contributed by atoms with van der Waals surface area (Å²) in [6.45, 7) is 7.75. The van der Waals surface area contributed by atoms with Gasteiger partial charge in [0.2, 0.25) is 0 Å². The molecule has 0 heterocycles. The molecule has 0 saturated heterocycles. The van der Waals surface area contributed by atoms with Gasteiger partial charge in [0.05, 0.1) is 0 Å². The van der Waals surface area contributed by atoms with Gasteiger partial charge in [0, 0.05) is 6.54 Å². The molecule has 1 unspecified atom stereocenters. The average molecular weight is 191 g/mol. The molecule has 0 saturated carbocycles. The lowest BCUT2D eigenvalue weighted by Crippen LogP contribution is -2.21. The number of rotatable bonds is 4. The highest BCUT2D eigenvalue weighted by molar-refractivity contribution is 5.25. The minimum atomic E-state index is 0.626. The maximum absolute atomic E-state index is 3.26. The van der Waals surface area contributed by atoms with Gasteiger partial charge in [0.15, 0.2) is 0 Å². The molecule has 1 aromatic carbocycles. The summed E-state index contributed by atoms with van der Waals surface area (Å²) in [4.78, 5) is 0. The van der Waals surface area contributed by atoms with Crippen LogP contribution in [-0.2, 0) is 0 Å². The van der Waals surface area contributed by atoms with Crippen molar-refractivity contribution in [3.63, 3.8) is 0 Å². The summed E-state index contributed by atoms with van der Waals surface area (Å²) in [6, 6.07) is 8.88. The third kappa shape index (κ3) is 2.85. The fourth-order valence-electron chi connectivity index (χ4n) is 1.77. The fraction of sp³-hybridized carbons (Fsp3) is 0.538. The first-order valence-corrected chi connectivity index (χ1v) is 5.36. The predicted octanol–water partition coefficient (Wildman–Crippen LogP) is 2.95. The van der Waals surface area contributed by atoms with Crippen LogP contribution in [0, 0.1) is 12.8 Å². The van der Waals surface area contributed by atoms with Crippen LogP contribution < -0.4 is 5.32 Å². The van der Waals surface area contributed by atoms with Gasteiger partial charge in [0.1, 0.15) is 0 Å². The van der Waals surface area contributed by atoms with Crippen molar-refractivity contribution in [1.29, 1.82) is 0 Å². The number of hydrogen-bond donors (Lipinski definition) is 1. The summed E-state index contributed by atoms with van der Waals surface area (Å²) in [6.07, 6.45) is 0. The molecule has 0 aromatic heterocycles. The van der Waals surface area contributed by atoms with Gasteiger partial charge in [-0.2, -0.15) is 0 Å². The van der Waals surface area contributed by atoms with Crippen molar-refractivity contribution in [3.05, 3.63) is 35.4 Å². The quantitative estimate of drug-likeness (QED) is 0.771. The van der Waals surface area contributed by atoms with E-state index in [2.05, 4.69) is 50.4 Å². The highest BCUT2D eigenvalue weighted by Gasteiger charge is 2.14. The molecule has 0 amide bonds. The van der Waals surface area contributed by atoms with Crippen molar-refractivity contribution in [3.8, 4) is 0 Å². The SMILES string of the molecule is CNCC(c1ccc(C)cc1)C(C)C. The third-order valence-corrected chi connectivity index (χ3v) is 2.73. The lowest BCUT2D eigenvalue weighted by atomic mass is 9.88. The van der Waals surface area contributed by atoms with E-state index < -0.39 is 0 Å². The molecule has 0 spiro atoms. The van der Waals surface area contributed by atoms with Crippen molar-refractivity contribution in [1.82, 2.24) is 5.32 Å². The largest absolute Gasteiger partial charge is 0.319 e. The second-order valence-corrected chi connectivity index (χ2v) is 4.32. The molecule has 1 heteroatoms. The summed E-state index contributed by atoms with van der Waals surface area (Å²) in [5, 5.41) is 3.26. The molecule has 1 rings (SSSR count). The Morgan fingerprint density at radius 3 is 2.14 bits per heavy atom.